The molecule has 0 aromatic carbocycles. The van der Waals surface area contributed by atoms with Crippen molar-refractivity contribution in [2.75, 3.05) is 26.7 Å². The minimum absolute atomic E-state index is 0.136. The minimum atomic E-state index is -0.271. The molecule has 0 saturated carbocycles. The summed E-state index contributed by atoms with van der Waals surface area (Å²) < 4.78 is 5.44. The van der Waals surface area contributed by atoms with Crippen molar-refractivity contribution in [3.8, 4) is 0 Å². The maximum absolute atomic E-state index is 11.8. The Morgan fingerprint density at radius 3 is 3.33 bits per heavy atom. The van der Waals surface area contributed by atoms with Crippen molar-refractivity contribution >= 4 is 17.1 Å². The summed E-state index contributed by atoms with van der Waals surface area (Å²) in [6.07, 6.45) is 1.85. The summed E-state index contributed by atoms with van der Waals surface area (Å²) in [5.41, 5.74) is 0. The molecule has 2 heterocycles. The molecule has 2 rings (SSSR count). The molecule has 1 aliphatic heterocycles. The summed E-state index contributed by atoms with van der Waals surface area (Å²) in [7, 11) is 2.01. The molecule has 15 heavy (non-hydrogen) atoms. The molecule has 0 spiro atoms. The van der Waals surface area contributed by atoms with Crippen LogP contribution in [-0.2, 0) is 16.0 Å². The van der Waals surface area contributed by atoms with Crippen molar-refractivity contribution < 1.29 is 9.53 Å². The van der Waals surface area contributed by atoms with Gasteiger partial charge in [0.2, 0.25) is 0 Å². The van der Waals surface area contributed by atoms with Gasteiger partial charge < -0.3 is 9.64 Å². The van der Waals surface area contributed by atoms with Crippen LogP contribution in [0.1, 0.15) is 5.01 Å². The van der Waals surface area contributed by atoms with Gasteiger partial charge in [-0.05, 0) is 7.05 Å². The third kappa shape index (κ3) is 2.84. The lowest BCUT2D eigenvalue weighted by Crippen LogP contribution is -2.44. The van der Waals surface area contributed by atoms with Crippen molar-refractivity contribution in [2.24, 2.45) is 0 Å². The Morgan fingerprint density at radius 1 is 1.80 bits per heavy atom. The van der Waals surface area contributed by atoms with Gasteiger partial charge in [-0.1, -0.05) is 0 Å². The van der Waals surface area contributed by atoms with Gasteiger partial charge in [0.1, 0.15) is 6.10 Å². The molecule has 1 unspecified atom stereocenters. The molecule has 1 atom stereocenters. The number of rotatable bonds is 3. The lowest BCUT2D eigenvalue weighted by molar-refractivity contribution is -0.134. The van der Waals surface area contributed by atoms with Gasteiger partial charge in [-0.3, -0.25) is 4.79 Å². The standard InChI is InChI=1S/C10H14N2O2S/c1-12-3-4-14-9(7-12)8(13)6-10-11-2-5-15-10/h2,5,9H,3-4,6-7H2,1H3. The zero-order chi connectivity index (χ0) is 10.7. The first-order valence-corrected chi connectivity index (χ1v) is 5.85. The average molecular weight is 226 g/mol. The molecule has 1 aromatic heterocycles. The van der Waals surface area contributed by atoms with Crippen LogP contribution in [0.3, 0.4) is 0 Å². The van der Waals surface area contributed by atoms with Gasteiger partial charge in [0.15, 0.2) is 5.78 Å². The Kier molecular flexibility index (Phi) is 3.45. The van der Waals surface area contributed by atoms with Crippen LogP contribution in [0.15, 0.2) is 11.6 Å². The third-order valence-corrected chi connectivity index (χ3v) is 3.22. The lowest BCUT2D eigenvalue weighted by atomic mass is 10.1. The van der Waals surface area contributed by atoms with Gasteiger partial charge in [-0.15, -0.1) is 11.3 Å². The molecule has 0 aliphatic carbocycles. The number of carbonyl (C=O) groups excluding carboxylic acids is 1. The van der Waals surface area contributed by atoms with Crippen LogP contribution < -0.4 is 0 Å². The number of morpholine rings is 1. The van der Waals surface area contributed by atoms with Crippen LogP contribution in [0.25, 0.3) is 0 Å². The first-order chi connectivity index (χ1) is 7.25. The smallest absolute Gasteiger partial charge is 0.169 e. The fraction of sp³-hybridized carbons (Fsp3) is 0.600. The molecular weight excluding hydrogens is 212 g/mol. The molecule has 1 saturated heterocycles. The molecule has 5 heteroatoms. The molecule has 0 radical (unpaired) electrons. The van der Waals surface area contributed by atoms with E-state index in [0.717, 1.165) is 11.6 Å². The van der Waals surface area contributed by atoms with Crippen LogP contribution >= 0.6 is 11.3 Å². The molecular formula is C10H14N2O2S. The number of ketones is 1. The monoisotopic (exact) mass is 226 g/mol. The highest BCUT2D eigenvalue weighted by Crippen LogP contribution is 2.10. The molecule has 0 N–H and O–H groups in total. The highest BCUT2D eigenvalue weighted by molar-refractivity contribution is 7.09. The molecule has 0 bridgehead atoms. The Labute approximate surface area is 92.9 Å². The van der Waals surface area contributed by atoms with E-state index in [-0.39, 0.29) is 11.9 Å². The van der Waals surface area contributed by atoms with E-state index in [1.807, 2.05) is 12.4 Å². The van der Waals surface area contributed by atoms with E-state index in [0.29, 0.717) is 19.6 Å². The summed E-state index contributed by atoms with van der Waals surface area (Å²) in [6, 6.07) is 0. The molecule has 0 amide bonds. The second-order valence-corrected chi connectivity index (χ2v) is 4.67. The maximum atomic E-state index is 11.8. The second kappa shape index (κ2) is 4.83. The number of likely N-dealkylation sites (N-methyl/N-ethyl adjacent to an activating group) is 1. The van der Waals surface area contributed by atoms with Crippen molar-refractivity contribution in [1.29, 1.82) is 0 Å². The quantitative estimate of drug-likeness (QED) is 0.756. The molecule has 1 aromatic rings. The molecule has 82 valence electrons. The van der Waals surface area contributed by atoms with Gasteiger partial charge in [-0.25, -0.2) is 4.98 Å². The van der Waals surface area contributed by atoms with Crippen molar-refractivity contribution in [3.05, 3.63) is 16.6 Å². The predicted octanol–water partition coefficient (Wildman–Crippen LogP) is 0.585. The summed E-state index contributed by atoms with van der Waals surface area (Å²) in [5.74, 6) is 0.136. The van der Waals surface area contributed by atoms with Gasteiger partial charge in [0, 0.05) is 24.7 Å². The lowest BCUT2D eigenvalue weighted by Gasteiger charge is -2.28. The first-order valence-electron chi connectivity index (χ1n) is 4.97. The van der Waals surface area contributed by atoms with Gasteiger partial charge in [-0.2, -0.15) is 0 Å². The topological polar surface area (TPSA) is 42.4 Å². The van der Waals surface area contributed by atoms with Crippen molar-refractivity contribution in [1.82, 2.24) is 9.88 Å². The van der Waals surface area contributed by atoms with Crippen LogP contribution in [0, 0.1) is 0 Å². The van der Waals surface area contributed by atoms with Gasteiger partial charge >= 0.3 is 0 Å². The number of aromatic nitrogens is 1. The summed E-state index contributed by atoms with van der Waals surface area (Å²) >= 11 is 1.51. The predicted molar refractivity (Wildman–Crippen MR) is 58.1 cm³/mol. The SMILES string of the molecule is CN1CCOC(C(=O)Cc2nccs2)C1. The Bertz CT molecular complexity index is 326. The van der Waals surface area contributed by atoms with Crippen LogP contribution in [-0.4, -0.2) is 48.5 Å². The molecule has 1 fully saturated rings. The van der Waals surface area contributed by atoms with E-state index in [2.05, 4.69) is 9.88 Å². The number of ether oxygens (including phenoxy) is 1. The first kappa shape index (κ1) is 10.7. The van der Waals surface area contributed by atoms with Crippen molar-refractivity contribution in [2.45, 2.75) is 12.5 Å². The molecule has 1 aliphatic rings. The van der Waals surface area contributed by atoms with E-state index in [4.69, 9.17) is 4.74 Å². The van der Waals surface area contributed by atoms with E-state index in [9.17, 15) is 4.79 Å². The third-order valence-electron chi connectivity index (χ3n) is 2.44. The Hall–Kier alpha value is -0.780. The molecule has 4 nitrogen and oxygen atoms in total. The van der Waals surface area contributed by atoms with E-state index in [1.165, 1.54) is 11.3 Å². The minimum Gasteiger partial charge on any atom is -0.368 e. The largest absolute Gasteiger partial charge is 0.368 e. The number of hydrogen-bond acceptors (Lipinski definition) is 5. The Balaban J connectivity index is 1.90. The van der Waals surface area contributed by atoms with E-state index in [1.54, 1.807) is 6.20 Å². The fourth-order valence-corrected chi connectivity index (χ4v) is 2.20. The summed E-state index contributed by atoms with van der Waals surface area (Å²) in [5, 5.41) is 2.76. The zero-order valence-electron chi connectivity index (χ0n) is 8.68. The fourth-order valence-electron chi connectivity index (χ4n) is 1.58. The maximum Gasteiger partial charge on any atom is 0.169 e. The highest BCUT2D eigenvalue weighted by Gasteiger charge is 2.24. The number of thiazole rings is 1. The number of carbonyl (C=O) groups is 1. The van der Waals surface area contributed by atoms with Gasteiger partial charge in [0.05, 0.1) is 18.0 Å². The highest BCUT2D eigenvalue weighted by atomic mass is 32.1. The van der Waals surface area contributed by atoms with E-state index < -0.39 is 0 Å². The average Bonchev–Trinajstić information content (AvgIpc) is 2.70. The summed E-state index contributed by atoms with van der Waals surface area (Å²) in [6.45, 7) is 2.25. The second-order valence-electron chi connectivity index (χ2n) is 3.69. The van der Waals surface area contributed by atoms with Gasteiger partial charge in [0.25, 0.3) is 0 Å². The van der Waals surface area contributed by atoms with Crippen LogP contribution in [0.2, 0.25) is 0 Å². The number of Topliss-reactive ketones (excluding diaryl/α,β-unsaturated/α-hetero) is 1. The van der Waals surface area contributed by atoms with Crippen LogP contribution in [0.4, 0.5) is 0 Å². The number of hydrogen-bond donors (Lipinski definition) is 0. The normalized spacial score (nSPS) is 22.9. The van der Waals surface area contributed by atoms with Crippen molar-refractivity contribution in [3.63, 3.8) is 0 Å². The van der Waals surface area contributed by atoms with E-state index >= 15 is 0 Å². The Morgan fingerprint density at radius 2 is 2.67 bits per heavy atom. The van der Waals surface area contributed by atoms with Crippen LogP contribution in [0.5, 0.6) is 0 Å². The zero-order valence-corrected chi connectivity index (χ0v) is 9.50. The number of nitrogens with zero attached hydrogens (tertiary/aromatic N) is 2. The summed E-state index contributed by atoms with van der Waals surface area (Å²) in [4.78, 5) is 18.0.